The summed E-state index contributed by atoms with van der Waals surface area (Å²) in [6.45, 7) is 7.69. The highest BCUT2D eigenvalue weighted by molar-refractivity contribution is 5.24. The Hall–Kier alpha value is -0.900. The summed E-state index contributed by atoms with van der Waals surface area (Å²) in [6, 6.07) is 9.37. The largest absolute Gasteiger partial charge is 0.323 e. The van der Waals surface area contributed by atoms with Crippen molar-refractivity contribution in [1.29, 1.82) is 0 Å². The lowest BCUT2D eigenvalue weighted by molar-refractivity contribution is 0.248. The zero-order valence-corrected chi connectivity index (χ0v) is 12.6. The quantitative estimate of drug-likeness (QED) is 0.898. The van der Waals surface area contributed by atoms with Gasteiger partial charge in [-0.25, -0.2) is 0 Å². The number of aryl methyl sites for hydroxylation is 1. The van der Waals surface area contributed by atoms with E-state index in [4.69, 9.17) is 5.73 Å². The first-order valence-electron chi connectivity index (χ1n) is 7.18. The lowest BCUT2D eigenvalue weighted by Crippen LogP contribution is -2.36. The van der Waals surface area contributed by atoms with Crippen molar-refractivity contribution in [3.05, 3.63) is 35.4 Å². The van der Waals surface area contributed by atoms with Gasteiger partial charge in [0.05, 0.1) is 0 Å². The van der Waals surface area contributed by atoms with E-state index in [0.717, 1.165) is 25.6 Å². The molecule has 106 valence electrons. The second-order valence-electron chi connectivity index (χ2n) is 6.24. The summed E-state index contributed by atoms with van der Waals surface area (Å²) in [5.74, 6) is 0.722. The maximum Gasteiger partial charge on any atom is 0.0424 e. The molecule has 3 heteroatoms. The van der Waals surface area contributed by atoms with Gasteiger partial charge in [-0.05, 0) is 32.5 Å². The van der Waals surface area contributed by atoms with Gasteiger partial charge in [0.25, 0.3) is 0 Å². The molecule has 1 heterocycles. The van der Waals surface area contributed by atoms with Crippen molar-refractivity contribution in [2.45, 2.75) is 25.9 Å². The van der Waals surface area contributed by atoms with Crippen molar-refractivity contribution in [2.75, 3.05) is 33.7 Å². The number of benzene rings is 1. The van der Waals surface area contributed by atoms with Crippen LogP contribution in [0.2, 0.25) is 0 Å². The van der Waals surface area contributed by atoms with E-state index in [-0.39, 0.29) is 6.04 Å². The van der Waals surface area contributed by atoms with Gasteiger partial charge < -0.3 is 10.6 Å². The summed E-state index contributed by atoms with van der Waals surface area (Å²) >= 11 is 0. The molecule has 0 saturated carbocycles. The van der Waals surface area contributed by atoms with Crippen molar-refractivity contribution < 1.29 is 0 Å². The second kappa shape index (κ2) is 6.04. The van der Waals surface area contributed by atoms with Crippen LogP contribution in [0.3, 0.4) is 0 Å². The van der Waals surface area contributed by atoms with Crippen molar-refractivity contribution in [1.82, 2.24) is 9.80 Å². The fourth-order valence-electron chi connectivity index (χ4n) is 3.07. The van der Waals surface area contributed by atoms with Crippen LogP contribution in [0.5, 0.6) is 0 Å². The lowest BCUT2D eigenvalue weighted by Gasteiger charge is -2.23. The average molecular weight is 261 g/mol. The maximum atomic E-state index is 6.34. The topological polar surface area (TPSA) is 32.5 Å². The van der Waals surface area contributed by atoms with Crippen LogP contribution in [0.4, 0.5) is 0 Å². The van der Waals surface area contributed by atoms with E-state index in [9.17, 15) is 0 Å². The van der Waals surface area contributed by atoms with Crippen LogP contribution in [-0.4, -0.2) is 49.6 Å². The number of likely N-dealkylation sites (N-methyl/N-ethyl adjacent to an activating group) is 1. The Morgan fingerprint density at radius 3 is 2.42 bits per heavy atom. The third kappa shape index (κ3) is 3.56. The summed E-state index contributed by atoms with van der Waals surface area (Å²) in [7, 11) is 4.34. The van der Waals surface area contributed by atoms with Crippen LogP contribution in [-0.2, 0) is 0 Å². The minimum atomic E-state index is 0.119. The predicted molar refractivity (Wildman–Crippen MR) is 81.2 cm³/mol. The van der Waals surface area contributed by atoms with Gasteiger partial charge in [-0.15, -0.1) is 0 Å². The Bertz CT molecular complexity index is 399. The van der Waals surface area contributed by atoms with E-state index in [1.807, 2.05) is 0 Å². The molecule has 0 aliphatic carbocycles. The van der Waals surface area contributed by atoms with Gasteiger partial charge in [0.2, 0.25) is 0 Å². The van der Waals surface area contributed by atoms with Gasteiger partial charge in [-0.3, -0.25) is 4.90 Å². The van der Waals surface area contributed by atoms with Crippen LogP contribution in [0.25, 0.3) is 0 Å². The standard InChI is InChI=1S/C16H27N3/c1-12-5-7-14(8-6-12)15(17)10-19-9-13(2)16(11-19)18(3)4/h5-8,13,15-16H,9-11,17H2,1-4H3. The van der Waals surface area contributed by atoms with Crippen molar-refractivity contribution in [2.24, 2.45) is 11.7 Å². The zero-order chi connectivity index (χ0) is 14.0. The maximum absolute atomic E-state index is 6.34. The van der Waals surface area contributed by atoms with E-state index in [2.05, 4.69) is 62.0 Å². The number of nitrogens with zero attached hydrogens (tertiary/aromatic N) is 2. The van der Waals surface area contributed by atoms with Crippen molar-refractivity contribution >= 4 is 0 Å². The molecule has 1 aromatic rings. The molecule has 1 saturated heterocycles. The highest BCUT2D eigenvalue weighted by Gasteiger charge is 2.31. The molecule has 2 N–H and O–H groups in total. The van der Waals surface area contributed by atoms with Gasteiger partial charge in [0.1, 0.15) is 0 Å². The van der Waals surface area contributed by atoms with Gasteiger partial charge in [0.15, 0.2) is 0 Å². The van der Waals surface area contributed by atoms with E-state index in [1.54, 1.807) is 0 Å². The van der Waals surface area contributed by atoms with E-state index >= 15 is 0 Å². The van der Waals surface area contributed by atoms with Crippen LogP contribution in [0.15, 0.2) is 24.3 Å². The highest BCUT2D eigenvalue weighted by Crippen LogP contribution is 2.22. The minimum absolute atomic E-state index is 0.119. The normalized spacial score (nSPS) is 26.0. The first-order valence-corrected chi connectivity index (χ1v) is 7.18. The first-order chi connectivity index (χ1) is 8.97. The fourth-order valence-corrected chi connectivity index (χ4v) is 3.07. The average Bonchev–Trinajstić information content (AvgIpc) is 2.71. The molecule has 19 heavy (non-hydrogen) atoms. The number of likely N-dealkylation sites (tertiary alicyclic amines) is 1. The number of hydrogen-bond donors (Lipinski definition) is 1. The lowest BCUT2D eigenvalue weighted by atomic mass is 10.1. The molecule has 0 bridgehead atoms. The molecule has 2 rings (SSSR count). The van der Waals surface area contributed by atoms with Gasteiger partial charge in [0, 0.05) is 31.7 Å². The van der Waals surface area contributed by atoms with Crippen LogP contribution >= 0.6 is 0 Å². The Balaban J connectivity index is 1.93. The molecule has 1 aliphatic heterocycles. The molecule has 0 radical (unpaired) electrons. The molecular formula is C16H27N3. The number of rotatable bonds is 4. The van der Waals surface area contributed by atoms with Crippen molar-refractivity contribution in [3.63, 3.8) is 0 Å². The minimum Gasteiger partial charge on any atom is -0.323 e. The van der Waals surface area contributed by atoms with Gasteiger partial charge in [-0.1, -0.05) is 36.8 Å². The second-order valence-corrected chi connectivity index (χ2v) is 6.24. The molecule has 0 aromatic heterocycles. The molecular weight excluding hydrogens is 234 g/mol. The Morgan fingerprint density at radius 1 is 1.26 bits per heavy atom. The summed E-state index contributed by atoms with van der Waals surface area (Å²) in [5.41, 5.74) is 8.87. The Labute approximate surface area is 117 Å². The molecule has 3 nitrogen and oxygen atoms in total. The summed E-state index contributed by atoms with van der Waals surface area (Å²) < 4.78 is 0. The first kappa shape index (κ1) is 14.5. The molecule has 1 aliphatic rings. The summed E-state index contributed by atoms with van der Waals surface area (Å²) in [5, 5.41) is 0. The van der Waals surface area contributed by atoms with Crippen LogP contribution in [0, 0.1) is 12.8 Å². The fraction of sp³-hybridized carbons (Fsp3) is 0.625. The van der Waals surface area contributed by atoms with Crippen molar-refractivity contribution in [3.8, 4) is 0 Å². The highest BCUT2D eigenvalue weighted by atomic mass is 15.2. The Kier molecular flexibility index (Phi) is 4.61. The van der Waals surface area contributed by atoms with Gasteiger partial charge >= 0.3 is 0 Å². The van der Waals surface area contributed by atoms with Crippen LogP contribution in [0.1, 0.15) is 24.1 Å². The molecule has 3 atom stereocenters. The summed E-state index contributed by atoms with van der Waals surface area (Å²) in [4.78, 5) is 4.84. The van der Waals surface area contributed by atoms with E-state index < -0.39 is 0 Å². The number of hydrogen-bond acceptors (Lipinski definition) is 3. The number of nitrogens with two attached hydrogens (primary N) is 1. The molecule has 1 aromatic carbocycles. The third-order valence-electron chi connectivity index (χ3n) is 4.27. The van der Waals surface area contributed by atoms with Crippen LogP contribution < -0.4 is 5.73 Å². The Morgan fingerprint density at radius 2 is 1.89 bits per heavy atom. The van der Waals surface area contributed by atoms with E-state index in [0.29, 0.717) is 6.04 Å². The SMILES string of the molecule is Cc1ccc(C(N)CN2CC(C)C(N(C)C)C2)cc1. The molecule has 0 spiro atoms. The van der Waals surface area contributed by atoms with E-state index in [1.165, 1.54) is 11.1 Å². The third-order valence-corrected chi connectivity index (χ3v) is 4.27. The predicted octanol–water partition coefficient (Wildman–Crippen LogP) is 1.88. The molecule has 1 fully saturated rings. The zero-order valence-electron chi connectivity index (χ0n) is 12.6. The van der Waals surface area contributed by atoms with Gasteiger partial charge in [-0.2, -0.15) is 0 Å². The monoisotopic (exact) mass is 261 g/mol. The molecule has 3 unspecified atom stereocenters. The summed E-state index contributed by atoms with van der Waals surface area (Å²) in [6.07, 6.45) is 0. The molecule has 0 amide bonds. The smallest absolute Gasteiger partial charge is 0.0424 e.